The van der Waals surface area contributed by atoms with Gasteiger partial charge in [-0.25, -0.2) is 17.9 Å². The number of aliphatic hydroxyl groups excluding tert-OH is 1. The number of methoxy groups -OCH3 is 1. The van der Waals surface area contributed by atoms with Gasteiger partial charge in [-0.3, -0.25) is 4.98 Å². The molecule has 0 spiro atoms. The predicted octanol–water partition coefficient (Wildman–Crippen LogP) is 0.0470. The summed E-state index contributed by atoms with van der Waals surface area (Å²) in [6.07, 6.45) is 0.00515. The van der Waals surface area contributed by atoms with Gasteiger partial charge in [-0.1, -0.05) is 6.07 Å². The fourth-order valence-corrected chi connectivity index (χ4v) is 3.05. The molecule has 0 radical (unpaired) electrons. The molecule has 7 nitrogen and oxygen atoms in total. The third-order valence-electron chi connectivity index (χ3n) is 2.84. The number of fused-ring (bicyclic) bond motifs is 1. The minimum atomic E-state index is -3.88. The number of hydrogen-bond donors (Lipinski definition) is 2. The fraction of sp³-hybridized carbons (Fsp3) is 0.231. The summed E-state index contributed by atoms with van der Waals surface area (Å²) in [5.41, 5.74) is 0.536. The molecule has 2 rings (SSSR count). The zero-order chi connectivity index (χ0) is 15.5. The second-order valence-corrected chi connectivity index (χ2v) is 5.95. The van der Waals surface area contributed by atoms with E-state index in [-0.39, 0.29) is 4.90 Å². The zero-order valence-electron chi connectivity index (χ0n) is 11.2. The standard InChI is InChI=1S/C13H14N2O5S/c1-20-13(17)11(16)8-15-21(18,19)12-6-2-5-10-9(12)4-3-7-14-10/h2-7,11,15-16H,8H2,1H3. The molecule has 0 aliphatic heterocycles. The van der Waals surface area contributed by atoms with E-state index >= 15 is 0 Å². The van der Waals surface area contributed by atoms with E-state index in [1.54, 1.807) is 30.5 Å². The van der Waals surface area contributed by atoms with E-state index in [9.17, 15) is 18.3 Å². The molecule has 1 aromatic heterocycles. The summed E-state index contributed by atoms with van der Waals surface area (Å²) in [6.45, 7) is -0.467. The van der Waals surface area contributed by atoms with Crippen molar-refractivity contribution >= 4 is 26.9 Å². The van der Waals surface area contributed by atoms with E-state index < -0.39 is 28.6 Å². The van der Waals surface area contributed by atoms with Crippen LogP contribution in [0.25, 0.3) is 10.9 Å². The molecule has 1 atom stereocenters. The number of rotatable bonds is 5. The van der Waals surface area contributed by atoms with Crippen molar-refractivity contribution in [3.8, 4) is 0 Å². The molecule has 1 unspecified atom stereocenters. The quantitative estimate of drug-likeness (QED) is 0.756. The van der Waals surface area contributed by atoms with Crippen molar-refractivity contribution in [1.29, 1.82) is 0 Å². The lowest BCUT2D eigenvalue weighted by molar-refractivity contribution is -0.149. The van der Waals surface area contributed by atoms with Gasteiger partial charge in [-0.2, -0.15) is 0 Å². The van der Waals surface area contributed by atoms with Gasteiger partial charge in [0, 0.05) is 18.1 Å². The maximum absolute atomic E-state index is 12.3. The Labute approximate surface area is 121 Å². The van der Waals surface area contributed by atoms with Crippen LogP contribution in [0.15, 0.2) is 41.4 Å². The second-order valence-electron chi connectivity index (χ2n) is 4.22. The van der Waals surface area contributed by atoms with Crippen LogP contribution < -0.4 is 4.72 Å². The van der Waals surface area contributed by atoms with Crippen LogP contribution in [0.5, 0.6) is 0 Å². The van der Waals surface area contributed by atoms with Crippen LogP contribution in [-0.2, 0) is 19.6 Å². The molecule has 1 heterocycles. The maximum atomic E-state index is 12.3. The van der Waals surface area contributed by atoms with Gasteiger partial charge in [-0.15, -0.1) is 0 Å². The van der Waals surface area contributed by atoms with Crippen LogP contribution in [0.3, 0.4) is 0 Å². The van der Waals surface area contributed by atoms with Crippen molar-refractivity contribution in [3.05, 3.63) is 36.5 Å². The number of nitrogens with zero attached hydrogens (tertiary/aromatic N) is 1. The van der Waals surface area contributed by atoms with Crippen molar-refractivity contribution < 1.29 is 23.1 Å². The molecule has 8 heteroatoms. The highest BCUT2D eigenvalue weighted by atomic mass is 32.2. The van der Waals surface area contributed by atoms with Crippen molar-refractivity contribution in [2.45, 2.75) is 11.0 Å². The minimum absolute atomic E-state index is 0.0326. The van der Waals surface area contributed by atoms with Gasteiger partial charge in [0.25, 0.3) is 0 Å². The average Bonchev–Trinajstić information content (AvgIpc) is 2.51. The first-order valence-electron chi connectivity index (χ1n) is 6.05. The van der Waals surface area contributed by atoms with Gasteiger partial charge < -0.3 is 9.84 Å². The molecule has 2 N–H and O–H groups in total. The maximum Gasteiger partial charge on any atom is 0.336 e. The van der Waals surface area contributed by atoms with Gasteiger partial charge in [0.2, 0.25) is 10.0 Å². The number of carbonyl (C=O) groups excluding carboxylic acids is 1. The van der Waals surface area contributed by atoms with Gasteiger partial charge in [0.1, 0.15) is 0 Å². The average molecular weight is 310 g/mol. The van der Waals surface area contributed by atoms with Gasteiger partial charge in [-0.05, 0) is 24.3 Å². The van der Waals surface area contributed by atoms with E-state index in [1.807, 2.05) is 0 Å². The molecule has 1 aromatic carbocycles. The SMILES string of the molecule is COC(=O)C(O)CNS(=O)(=O)c1cccc2ncccc12. The largest absolute Gasteiger partial charge is 0.467 e. The summed E-state index contributed by atoms with van der Waals surface area (Å²) in [4.78, 5) is 15.2. The molecule has 21 heavy (non-hydrogen) atoms. The Kier molecular flexibility index (Phi) is 4.51. The monoisotopic (exact) mass is 310 g/mol. The Morgan fingerprint density at radius 1 is 1.38 bits per heavy atom. The van der Waals surface area contributed by atoms with Gasteiger partial charge in [0.05, 0.1) is 17.5 Å². The number of benzene rings is 1. The molecule has 0 amide bonds. The molecule has 2 aromatic rings. The summed E-state index contributed by atoms with van der Waals surface area (Å²) < 4.78 is 31.0. The Morgan fingerprint density at radius 3 is 2.86 bits per heavy atom. The summed E-state index contributed by atoms with van der Waals surface area (Å²) in [5, 5.41) is 9.89. The highest BCUT2D eigenvalue weighted by Crippen LogP contribution is 2.20. The molecule has 0 fully saturated rings. The first-order chi connectivity index (χ1) is 9.95. The molecular formula is C13H14N2O5S. The van der Waals surface area contributed by atoms with Crippen molar-refractivity contribution in [3.63, 3.8) is 0 Å². The Morgan fingerprint density at radius 2 is 2.14 bits per heavy atom. The number of nitrogens with one attached hydrogen (secondary N) is 1. The molecule has 0 saturated carbocycles. The van der Waals surface area contributed by atoms with Crippen LogP contribution >= 0.6 is 0 Å². The smallest absolute Gasteiger partial charge is 0.336 e. The number of esters is 1. The van der Waals surface area contributed by atoms with E-state index in [4.69, 9.17) is 0 Å². The lowest BCUT2D eigenvalue weighted by atomic mass is 10.2. The number of pyridine rings is 1. The number of hydrogen-bond acceptors (Lipinski definition) is 6. The van der Waals surface area contributed by atoms with Gasteiger partial charge in [0.15, 0.2) is 6.10 Å². The van der Waals surface area contributed by atoms with Crippen LogP contribution in [-0.4, -0.2) is 44.2 Å². The highest BCUT2D eigenvalue weighted by Gasteiger charge is 2.22. The number of sulfonamides is 1. The number of aromatic nitrogens is 1. The summed E-state index contributed by atoms with van der Waals surface area (Å²) in [7, 11) is -2.77. The first kappa shape index (κ1) is 15.4. The van der Waals surface area contributed by atoms with Gasteiger partial charge >= 0.3 is 5.97 Å². The molecule has 112 valence electrons. The Balaban J connectivity index is 2.28. The minimum Gasteiger partial charge on any atom is -0.467 e. The first-order valence-corrected chi connectivity index (χ1v) is 7.53. The van der Waals surface area contributed by atoms with E-state index in [0.717, 1.165) is 7.11 Å². The van der Waals surface area contributed by atoms with Crippen LogP contribution in [0.4, 0.5) is 0 Å². The molecule has 0 aliphatic rings. The summed E-state index contributed by atoms with van der Waals surface area (Å²) in [6, 6.07) is 7.95. The number of carbonyl (C=O) groups is 1. The molecule has 0 bridgehead atoms. The topological polar surface area (TPSA) is 106 Å². The molecular weight excluding hydrogens is 296 g/mol. The zero-order valence-corrected chi connectivity index (χ0v) is 12.0. The molecule has 0 aliphatic carbocycles. The summed E-state index contributed by atoms with van der Waals surface area (Å²) >= 11 is 0. The highest BCUT2D eigenvalue weighted by molar-refractivity contribution is 7.89. The fourth-order valence-electron chi connectivity index (χ4n) is 1.80. The predicted molar refractivity (Wildman–Crippen MR) is 75.0 cm³/mol. The Hall–Kier alpha value is -2.03. The second kappa shape index (κ2) is 6.17. The number of aliphatic hydroxyl groups is 1. The normalized spacial score (nSPS) is 13.0. The van der Waals surface area contributed by atoms with Crippen LogP contribution in [0.1, 0.15) is 0 Å². The van der Waals surface area contributed by atoms with Crippen LogP contribution in [0, 0.1) is 0 Å². The summed E-state index contributed by atoms with van der Waals surface area (Å²) in [5.74, 6) is -0.905. The lowest BCUT2D eigenvalue weighted by Gasteiger charge is -2.11. The Bertz CT molecular complexity index is 755. The molecule has 0 saturated heterocycles. The van der Waals surface area contributed by atoms with E-state index in [2.05, 4.69) is 14.4 Å². The third kappa shape index (κ3) is 3.35. The van der Waals surface area contributed by atoms with Crippen LogP contribution in [0.2, 0.25) is 0 Å². The van der Waals surface area contributed by atoms with Crippen molar-refractivity contribution in [1.82, 2.24) is 9.71 Å². The van der Waals surface area contributed by atoms with Crippen molar-refractivity contribution in [2.24, 2.45) is 0 Å². The van der Waals surface area contributed by atoms with Crippen molar-refractivity contribution in [2.75, 3.05) is 13.7 Å². The lowest BCUT2D eigenvalue weighted by Crippen LogP contribution is -2.37. The number of ether oxygens (including phenoxy) is 1. The van der Waals surface area contributed by atoms with E-state index in [1.165, 1.54) is 6.07 Å². The third-order valence-corrected chi connectivity index (χ3v) is 4.32. The van der Waals surface area contributed by atoms with E-state index in [0.29, 0.717) is 10.9 Å².